The molecule has 2 aliphatic rings. The van der Waals surface area contributed by atoms with Crippen LogP contribution in [-0.2, 0) is 9.53 Å². The van der Waals surface area contributed by atoms with Gasteiger partial charge in [0, 0.05) is 18.7 Å². The summed E-state index contributed by atoms with van der Waals surface area (Å²) < 4.78 is 18.3. The van der Waals surface area contributed by atoms with Gasteiger partial charge in [-0.3, -0.25) is 19.2 Å². The Hall–Kier alpha value is -3.55. The maximum atomic E-state index is 13.2. The molecule has 1 fully saturated rings. The molecular formula is C23H21FN2O5. The van der Waals surface area contributed by atoms with Gasteiger partial charge in [0.1, 0.15) is 5.82 Å². The number of hydrogen-bond donors (Lipinski definition) is 0. The van der Waals surface area contributed by atoms with Crippen LogP contribution in [0.5, 0.6) is 0 Å². The van der Waals surface area contributed by atoms with Gasteiger partial charge in [0.15, 0.2) is 0 Å². The number of piperidine rings is 1. The number of rotatable bonds is 4. The molecule has 0 saturated carbocycles. The Morgan fingerprint density at radius 1 is 1.06 bits per heavy atom. The summed E-state index contributed by atoms with van der Waals surface area (Å²) in [6.45, 7) is 2.78. The molecule has 0 aromatic heterocycles. The van der Waals surface area contributed by atoms with Crippen molar-refractivity contribution in [1.29, 1.82) is 0 Å². The van der Waals surface area contributed by atoms with Crippen LogP contribution in [0.25, 0.3) is 0 Å². The Kier molecular flexibility index (Phi) is 5.54. The van der Waals surface area contributed by atoms with Crippen molar-refractivity contribution in [2.45, 2.75) is 19.8 Å². The van der Waals surface area contributed by atoms with Crippen molar-refractivity contribution < 1.29 is 28.3 Å². The van der Waals surface area contributed by atoms with Gasteiger partial charge in [0.05, 0.1) is 29.3 Å². The van der Waals surface area contributed by atoms with Crippen LogP contribution in [0.1, 0.15) is 50.8 Å². The van der Waals surface area contributed by atoms with Crippen molar-refractivity contribution in [1.82, 2.24) is 4.90 Å². The number of amides is 3. The Bertz CT molecular complexity index is 1070. The predicted octanol–water partition coefficient (Wildman–Crippen LogP) is 3.04. The van der Waals surface area contributed by atoms with Crippen LogP contribution in [0.2, 0.25) is 0 Å². The van der Waals surface area contributed by atoms with Crippen LogP contribution in [-0.4, -0.2) is 48.3 Å². The molecule has 0 unspecified atom stereocenters. The standard InChI is InChI=1S/C23H21FN2O5/c1-2-31-23(30)15-4-3-11-25(13-15)20(27)14-5-10-18-19(12-14)22(29)26(21(18)28)17-8-6-16(24)7-9-17/h5-10,12,15H,2-4,11,13H2,1H3/t15-/m1/s1. The first kappa shape index (κ1) is 20.7. The molecule has 2 aromatic rings. The normalized spacial score (nSPS) is 18.2. The van der Waals surface area contributed by atoms with E-state index in [9.17, 15) is 23.6 Å². The molecule has 4 rings (SSSR count). The summed E-state index contributed by atoms with van der Waals surface area (Å²) in [5.41, 5.74) is 0.840. The molecule has 0 spiro atoms. The molecule has 3 amide bonds. The predicted molar refractivity (Wildman–Crippen MR) is 109 cm³/mol. The highest BCUT2D eigenvalue weighted by Crippen LogP contribution is 2.30. The number of imide groups is 1. The number of nitrogens with zero attached hydrogens (tertiary/aromatic N) is 2. The third-order valence-electron chi connectivity index (χ3n) is 5.55. The van der Waals surface area contributed by atoms with Crippen LogP contribution in [0.3, 0.4) is 0 Å². The van der Waals surface area contributed by atoms with Crippen molar-refractivity contribution in [3.8, 4) is 0 Å². The van der Waals surface area contributed by atoms with E-state index in [-0.39, 0.29) is 53.3 Å². The van der Waals surface area contributed by atoms with Gasteiger partial charge in [0.25, 0.3) is 17.7 Å². The number of benzene rings is 2. The Balaban J connectivity index is 1.56. The van der Waals surface area contributed by atoms with E-state index in [1.807, 2.05) is 0 Å². The summed E-state index contributed by atoms with van der Waals surface area (Å²) in [5, 5.41) is 0. The van der Waals surface area contributed by atoms with E-state index in [1.165, 1.54) is 42.5 Å². The number of anilines is 1. The monoisotopic (exact) mass is 424 g/mol. The summed E-state index contributed by atoms with van der Waals surface area (Å²) >= 11 is 0. The molecule has 160 valence electrons. The van der Waals surface area contributed by atoms with Crippen molar-refractivity contribution in [3.05, 3.63) is 65.0 Å². The first-order valence-electron chi connectivity index (χ1n) is 10.1. The molecule has 7 nitrogen and oxygen atoms in total. The number of fused-ring (bicyclic) bond motifs is 1. The minimum Gasteiger partial charge on any atom is -0.466 e. The summed E-state index contributed by atoms with van der Waals surface area (Å²) in [5.74, 6) is -2.56. The SMILES string of the molecule is CCOC(=O)[C@@H]1CCCN(C(=O)c2ccc3c(c2)C(=O)N(c2ccc(F)cc2)C3=O)C1. The largest absolute Gasteiger partial charge is 0.466 e. The maximum Gasteiger partial charge on any atom is 0.310 e. The van der Waals surface area contributed by atoms with Gasteiger partial charge in [0.2, 0.25) is 0 Å². The highest BCUT2D eigenvalue weighted by Gasteiger charge is 2.38. The van der Waals surface area contributed by atoms with E-state index >= 15 is 0 Å². The molecule has 2 aliphatic heterocycles. The van der Waals surface area contributed by atoms with E-state index in [1.54, 1.807) is 11.8 Å². The Morgan fingerprint density at radius 2 is 1.77 bits per heavy atom. The summed E-state index contributed by atoms with van der Waals surface area (Å²) in [4.78, 5) is 53.2. The lowest BCUT2D eigenvalue weighted by Crippen LogP contribution is -2.42. The van der Waals surface area contributed by atoms with E-state index in [2.05, 4.69) is 0 Å². The quantitative estimate of drug-likeness (QED) is 0.557. The van der Waals surface area contributed by atoms with Crippen LogP contribution in [0, 0.1) is 11.7 Å². The topological polar surface area (TPSA) is 84.0 Å². The highest BCUT2D eigenvalue weighted by atomic mass is 19.1. The average molecular weight is 424 g/mol. The zero-order chi connectivity index (χ0) is 22.1. The molecule has 0 radical (unpaired) electrons. The first-order chi connectivity index (χ1) is 14.9. The second-order valence-electron chi connectivity index (χ2n) is 7.52. The first-order valence-corrected chi connectivity index (χ1v) is 10.1. The maximum absolute atomic E-state index is 13.2. The van der Waals surface area contributed by atoms with E-state index in [0.29, 0.717) is 19.4 Å². The Labute approximate surface area is 178 Å². The van der Waals surface area contributed by atoms with Crippen LogP contribution in [0.15, 0.2) is 42.5 Å². The third kappa shape index (κ3) is 3.81. The summed E-state index contributed by atoms with van der Waals surface area (Å²) in [7, 11) is 0. The number of hydrogen-bond acceptors (Lipinski definition) is 5. The average Bonchev–Trinajstić information content (AvgIpc) is 3.04. The minimum absolute atomic E-state index is 0.124. The van der Waals surface area contributed by atoms with Crippen molar-refractivity contribution >= 4 is 29.4 Å². The lowest BCUT2D eigenvalue weighted by atomic mass is 9.97. The molecule has 0 aliphatic carbocycles. The van der Waals surface area contributed by atoms with Gasteiger partial charge >= 0.3 is 5.97 Å². The molecule has 0 N–H and O–H groups in total. The second kappa shape index (κ2) is 8.29. The molecule has 1 atom stereocenters. The molecular weight excluding hydrogens is 403 g/mol. The second-order valence-corrected chi connectivity index (χ2v) is 7.52. The van der Waals surface area contributed by atoms with Crippen LogP contribution in [0.4, 0.5) is 10.1 Å². The van der Waals surface area contributed by atoms with Gasteiger partial charge in [-0.1, -0.05) is 0 Å². The van der Waals surface area contributed by atoms with E-state index in [0.717, 1.165) is 4.90 Å². The lowest BCUT2D eigenvalue weighted by Gasteiger charge is -2.31. The fourth-order valence-corrected chi connectivity index (χ4v) is 4.00. The molecule has 8 heteroatoms. The van der Waals surface area contributed by atoms with Crippen LogP contribution < -0.4 is 4.90 Å². The van der Waals surface area contributed by atoms with Crippen molar-refractivity contribution in [2.24, 2.45) is 5.92 Å². The fourth-order valence-electron chi connectivity index (χ4n) is 4.00. The van der Waals surface area contributed by atoms with Gasteiger partial charge < -0.3 is 9.64 Å². The zero-order valence-corrected chi connectivity index (χ0v) is 17.0. The lowest BCUT2D eigenvalue weighted by molar-refractivity contribution is -0.149. The highest BCUT2D eigenvalue weighted by molar-refractivity contribution is 6.34. The molecule has 2 heterocycles. The van der Waals surface area contributed by atoms with Gasteiger partial charge in [-0.25, -0.2) is 9.29 Å². The number of likely N-dealkylation sites (tertiary alicyclic amines) is 1. The van der Waals surface area contributed by atoms with E-state index < -0.39 is 17.6 Å². The number of esters is 1. The van der Waals surface area contributed by atoms with Crippen molar-refractivity contribution in [3.63, 3.8) is 0 Å². The molecule has 0 bridgehead atoms. The Morgan fingerprint density at radius 3 is 2.48 bits per heavy atom. The number of carbonyl (C=O) groups is 4. The molecule has 31 heavy (non-hydrogen) atoms. The number of carbonyl (C=O) groups excluding carboxylic acids is 4. The summed E-state index contributed by atoms with van der Waals surface area (Å²) in [6, 6.07) is 9.43. The molecule has 1 saturated heterocycles. The molecule has 2 aromatic carbocycles. The smallest absolute Gasteiger partial charge is 0.310 e. The van der Waals surface area contributed by atoms with E-state index in [4.69, 9.17) is 4.74 Å². The van der Waals surface area contributed by atoms with Crippen molar-refractivity contribution in [2.75, 3.05) is 24.6 Å². The summed E-state index contributed by atoms with van der Waals surface area (Å²) in [6.07, 6.45) is 1.34. The minimum atomic E-state index is -0.565. The number of halogens is 1. The van der Waals surface area contributed by atoms with Gasteiger partial charge in [-0.2, -0.15) is 0 Å². The van der Waals surface area contributed by atoms with Gasteiger partial charge in [-0.15, -0.1) is 0 Å². The van der Waals surface area contributed by atoms with Crippen LogP contribution >= 0.6 is 0 Å². The number of ether oxygens (including phenoxy) is 1. The fraction of sp³-hybridized carbons (Fsp3) is 0.304. The third-order valence-corrected chi connectivity index (χ3v) is 5.55. The van der Waals surface area contributed by atoms with Gasteiger partial charge in [-0.05, 0) is 62.2 Å². The zero-order valence-electron chi connectivity index (χ0n) is 17.0.